The van der Waals surface area contributed by atoms with Crippen LogP contribution in [0.3, 0.4) is 0 Å². The third-order valence-electron chi connectivity index (χ3n) is 2.83. The van der Waals surface area contributed by atoms with E-state index in [0.29, 0.717) is 11.4 Å². The SMILES string of the molecule is O=c1[nH]c(-c2cc(Br)cs2)nc(O)c1-c1ccc(Br)cc1. The molecule has 0 aliphatic rings. The molecule has 0 saturated carbocycles. The van der Waals surface area contributed by atoms with Crippen LogP contribution >= 0.6 is 43.2 Å². The van der Waals surface area contributed by atoms with Crippen LogP contribution in [0.4, 0.5) is 0 Å². The molecule has 4 nitrogen and oxygen atoms in total. The highest BCUT2D eigenvalue weighted by Crippen LogP contribution is 2.30. The second kappa shape index (κ2) is 5.75. The fraction of sp³-hybridized carbons (Fsp3) is 0. The molecule has 0 fully saturated rings. The number of H-pyrrole nitrogens is 1. The van der Waals surface area contributed by atoms with Crippen molar-refractivity contribution in [2.75, 3.05) is 0 Å². The Morgan fingerprint density at radius 2 is 1.86 bits per heavy atom. The van der Waals surface area contributed by atoms with E-state index in [4.69, 9.17) is 0 Å². The van der Waals surface area contributed by atoms with Crippen LogP contribution in [0.1, 0.15) is 0 Å². The molecule has 2 N–H and O–H groups in total. The van der Waals surface area contributed by atoms with E-state index in [-0.39, 0.29) is 17.0 Å². The molecule has 106 valence electrons. The van der Waals surface area contributed by atoms with Gasteiger partial charge in [-0.1, -0.05) is 28.1 Å². The van der Waals surface area contributed by atoms with Crippen molar-refractivity contribution in [2.24, 2.45) is 0 Å². The first-order valence-corrected chi connectivity index (χ1v) is 8.35. The monoisotopic (exact) mass is 426 g/mol. The molecule has 0 unspecified atom stereocenters. The highest BCUT2D eigenvalue weighted by molar-refractivity contribution is 9.10. The maximum atomic E-state index is 12.3. The van der Waals surface area contributed by atoms with Gasteiger partial charge in [0.2, 0.25) is 5.88 Å². The Kier molecular flexibility index (Phi) is 3.97. The number of thiophene rings is 1. The fourth-order valence-electron chi connectivity index (χ4n) is 1.89. The molecular weight excluding hydrogens is 420 g/mol. The van der Waals surface area contributed by atoms with Crippen molar-refractivity contribution in [3.8, 4) is 27.7 Å². The van der Waals surface area contributed by atoms with E-state index in [9.17, 15) is 9.90 Å². The van der Waals surface area contributed by atoms with Gasteiger partial charge in [-0.15, -0.1) is 11.3 Å². The molecule has 0 spiro atoms. The molecule has 3 rings (SSSR count). The predicted octanol–water partition coefficient (Wildman–Crippen LogP) is 4.40. The van der Waals surface area contributed by atoms with Gasteiger partial charge in [0.15, 0.2) is 5.82 Å². The number of rotatable bonds is 2. The second-order valence-electron chi connectivity index (χ2n) is 4.25. The maximum absolute atomic E-state index is 12.3. The summed E-state index contributed by atoms with van der Waals surface area (Å²) in [4.78, 5) is 19.8. The molecule has 7 heteroatoms. The molecule has 3 aromatic rings. The van der Waals surface area contributed by atoms with Gasteiger partial charge in [-0.3, -0.25) is 4.79 Å². The van der Waals surface area contributed by atoms with E-state index in [1.54, 1.807) is 24.3 Å². The molecule has 0 bridgehead atoms. The smallest absolute Gasteiger partial charge is 0.262 e. The van der Waals surface area contributed by atoms with Gasteiger partial charge in [-0.05, 0) is 39.7 Å². The van der Waals surface area contributed by atoms with Gasteiger partial charge in [0.25, 0.3) is 5.56 Å². The van der Waals surface area contributed by atoms with Crippen molar-refractivity contribution in [2.45, 2.75) is 0 Å². The van der Waals surface area contributed by atoms with Gasteiger partial charge in [0.1, 0.15) is 5.56 Å². The highest BCUT2D eigenvalue weighted by atomic mass is 79.9. The molecule has 0 radical (unpaired) electrons. The summed E-state index contributed by atoms with van der Waals surface area (Å²) in [6, 6.07) is 8.94. The average Bonchev–Trinajstić information content (AvgIpc) is 2.87. The molecule has 21 heavy (non-hydrogen) atoms. The Balaban J connectivity index is 2.12. The van der Waals surface area contributed by atoms with Crippen molar-refractivity contribution < 1.29 is 5.11 Å². The van der Waals surface area contributed by atoms with E-state index in [0.717, 1.165) is 13.8 Å². The average molecular weight is 428 g/mol. The Labute approximate surface area is 140 Å². The number of aromatic hydroxyl groups is 1. The minimum Gasteiger partial charge on any atom is -0.493 e. The van der Waals surface area contributed by atoms with Crippen molar-refractivity contribution >= 4 is 43.2 Å². The van der Waals surface area contributed by atoms with Crippen LogP contribution < -0.4 is 5.56 Å². The van der Waals surface area contributed by atoms with E-state index in [1.165, 1.54) is 11.3 Å². The minimum atomic E-state index is -0.371. The zero-order chi connectivity index (χ0) is 15.0. The van der Waals surface area contributed by atoms with Gasteiger partial charge in [0.05, 0.1) is 4.88 Å². The van der Waals surface area contributed by atoms with E-state index < -0.39 is 0 Å². The number of hydrogen-bond acceptors (Lipinski definition) is 4. The summed E-state index contributed by atoms with van der Waals surface area (Å²) < 4.78 is 1.80. The number of aromatic nitrogens is 2. The Morgan fingerprint density at radius 1 is 1.14 bits per heavy atom. The van der Waals surface area contributed by atoms with Crippen molar-refractivity contribution in [1.29, 1.82) is 0 Å². The highest BCUT2D eigenvalue weighted by Gasteiger charge is 2.14. The molecule has 1 aromatic carbocycles. The molecular formula is C14H8Br2N2O2S. The summed E-state index contributed by atoms with van der Waals surface area (Å²) in [7, 11) is 0. The summed E-state index contributed by atoms with van der Waals surface area (Å²) in [6.45, 7) is 0. The Hall–Kier alpha value is -1.44. The van der Waals surface area contributed by atoms with Crippen molar-refractivity contribution in [3.63, 3.8) is 0 Å². The first-order chi connectivity index (χ1) is 10.0. The van der Waals surface area contributed by atoms with Crippen LogP contribution in [0.25, 0.3) is 21.8 Å². The molecule has 0 amide bonds. The standard InChI is InChI=1S/C14H8Br2N2O2S/c15-8-3-1-7(2-4-8)11-13(19)17-12(18-14(11)20)10-5-9(16)6-21-10/h1-6H,(H2,17,18,19,20). The summed E-state index contributed by atoms with van der Waals surface area (Å²) in [5, 5.41) is 12.0. The Morgan fingerprint density at radius 3 is 2.43 bits per heavy atom. The van der Waals surface area contributed by atoms with E-state index in [2.05, 4.69) is 41.8 Å². The summed E-state index contributed by atoms with van der Waals surface area (Å²) >= 11 is 8.11. The third-order valence-corrected chi connectivity index (χ3v) is 5.06. The fourth-order valence-corrected chi connectivity index (χ4v) is 3.53. The zero-order valence-corrected chi connectivity index (χ0v) is 14.4. The lowest BCUT2D eigenvalue weighted by atomic mass is 10.1. The minimum absolute atomic E-state index is 0.168. The number of benzene rings is 1. The van der Waals surface area contributed by atoms with Gasteiger partial charge in [0, 0.05) is 14.3 Å². The first kappa shape index (κ1) is 14.5. The Bertz CT molecular complexity index is 856. The van der Waals surface area contributed by atoms with Crippen LogP contribution in [0.5, 0.6) is 5.88 Å². The number of hydrogen-bond donors (Lipinski definition) is 2. The summed E-state index contributed by atoms with van der Waals surface area (Å²) in [5.41, 5.74) is 0.412. The summed E-state index contributed by atoms with van der Waals surface area (Å²) in [6.07, 6.45) is 0. The van der Waals surface area contributed by atoms with Crippen LogP contribution in [0.15, 0.2) is 49.5 Å². The van der Waals surface area contributed by atoms with Crippen LogP contribution in [0, 0.1) is 0 Å². The number of nitrogens with zero attached hydrogens (tertiary/aromatic N) is 1. The lowest BCUT2D eigenvalue weighted by Gasteiger charge is -2.05. The van der Waals surface area contributed by atoms with E-state index >= 15 is 0 Å². The molecule has 0 saturated heterocycles. The lowest BCUT2D eigenvalue weighted by molar-refractivity contribution is 0.454. The van der Waals surface area contributed by atoms with Crippen LogP contribution in [0.2, 0.25) is 0 Å². The normalized spacial score (nSPS) is 10.8. The van der Waals surface area contributed by atoms with Gasteiger partial charge < -0.3 is 10.1 Å². The van der Waals surface area contributed by atoms with Crippen LogP contribution in [-0.2, 0) is 0 Å². The second-order valence-corrected chi connectivity index (χ2v) is 6.99. The number of aromatic amines is 1. The number of halogens is 2. The van der Waals surface area contributed by atoms with Gasteiger partial charge >= 0.3 is 0 Å². The molecule has 0 aliphatic heterocycles. The van der Waals surface area contributed by atoms with E-state index in [1.807, 2.05) is 11.4 Å². The zero-order valence-electron chi connectivity index (χ0n) is 10.4. The first-order valence-electron chi connectivity index (χ1n) is 5.88. The van der Waals surface area contributed by atoms with Crippen LogP contribution in [-0.4, -0.2) is 15.1 Å². The predicted molar refractivity (Wildman–Crippen MR) is 90.7 cm³/mol. The van der Waals surface area contributed by atoms with Crippen molar-refractivity contribution in [3.05, 3.63) is 55.0 Å². The molecule has 0 aliphatic carbocycles. The van der Waals surface area contributed by atoms with Crippen molar-refractivity contribution in [1.82, 2.24) is 9.97 Å². The van der Waals surface area contributed by atoms with Gasteiger partial charge in [-0.25, -0.2) is 0 Å². The number of nitrogens with one attached hydrogen (secondary N) is 1. The maximum Gasteiger partial charge on any atom is 0.262 e. The summed E-state index contributed by atoms with van der Waals surface area (Å²) in [5.74, 6) is 0.0784. The topological polar surface area (TPSA) is 66.0 Å². The van der Waals surface area contributed by atoms with Gasteiger partial charge in [-0.2, -0.15) is 4.98 Å². The quantitative estimate of drug-likeness (QED) is 0.637. The largest absolute Gasteiger partial charge is 0.493 e. The molecule has 2 aromatic heterocycles. The lowest BCUT2D eigenvalue weighted by Crippen LogP contribution is -2.11. The third kappa shape index (κ3) is 2.95. The molecule has 0 atom stereocenters. The molecule has 2 heterocycles.